The topological polar surface area (TPSA) is 79.9 Å². The van der Waals surface area contributed by atoms with Gasteiger partial charge in [0.25, 0.3) is 5.56 Å². The molecule has 88 valence electrons. The standard InChI is InChI=1S/C10H14N2O3S/c1-2-8-5-9(13)12-10(11-8)7-3-4-16(14,15)6-7/h5,7H,2-4,6H2,1H3,(H,11,12,13). The normalized spacial score (nSPS) is 23.4. The van der Waals surface area contributed by atoms with Gasteiger partial charge < -0.3 is 4.98 Å². The Morgan fingerprint density at radius 2 is 2.31 bits per heavy atom. The van der Waals surface area contributed by atoms with Gasteiger partial charge in [-0.05, 0) is 12.8 Å². The van der Waals surface area contributed by atoms with Crippen LogP contribution in [0.25, 0.3) is 0 Å². The molecule has 1 N–H and O–H groups in total. The molecule has 1 unspecified atom stereocenters. The van der Waals surface area contributed by atoms with Crippen molar-refractivity contribution in [3.63, 3.8) is 0 Å². The molecule has 16 heavy (non-hydrogen) atoms. The van der Waals surface area contributed by atoms with E-state index in [0.717, 1.165) is 0 Å². The summed E-state index contributed by atoms with van der Waals surface area (Å²) in [7, 11) is -2.94. The third kappa shape index (κ3) is 2.32. The highest BCUT2D eigenvalue weighted by Crippen LogP contribution is 2.25. The molecule has 2 heterocycles. The van der Waals surface area contributed by atoms with Gasteiger partial charge in [-0.1, -0.05) is 6.92 Å². The first-order chi connectivity index (χ1) is 7.50. The number of nitrogens with one attached hydrogen (secondary N) is 1. The van der Waals surface area contributed by atoms with E-state index in [4.69, 9.17) is 0 Å². The molecule has 1 aliphatic rings. The second-order valence-corrected chi connectivity index (χ2v) is 6.30. The lowest BCUT2D eigenvalue weighted by Crippen LogP contribution is -2.16. The van der Waals surface area contributed by atoms with Gasteiger partial charge in [-0.2, -0.15) is 0 Å². The molecule has 1 fully saturated rings. The van der Waals surface area contributed by atoms with Crippen molar-refractivity contribution in [2.24, 2.45) is 0 Å². The van der Waals surface area contributed by atoms with Gasteiger partial charge in [-0.15, -0.1) is 0 Å². The van der Waals surface area contributed by atoms with Gasteiger partial charge in [0.2, 0.25) is 0 Å². The molecule has 0 bridgehead atoms. The SMILES string of the molecule is CCc1cc(=O)[nH]c(C2CCS(=O)(=O)C2)n1. The lowest BCUT2D eigenvalue weighted by atomic mass is 10.1. The lowest BCUT2D eigenvalue weighted by molar-refractivity contribution is 0.601. The van der Waals surface area contributed by atoms with Crippen LogP contribution in [0.2, 0.25) is 0 Å². The van der Waals surface area contributed by atoms with Gasteiger partial charge in [0.05, 0.1) is 11.5 Å². The zero-order valence-corrected chi connectivity index (χ0v) is 9.88. The van der Waals surface area contributed by atoms with E-state index >= 15 is 0 Å². The highest BCUT2D eigenvalue weighted by Gasteiger charge is 2.30. The molecule has 1 aliphatic heterocycles. The summed E-state index contributed by atoms with van der Waals surface area (Å²) in [5.74, 6) is 0.663. The van der Waals surface area contributed by atoms with Gasteiger partial charge in [0.15, 0.2) is 9.84 Å². The molecule has 1 atom stereocenters. The number of aromatic amines is 1. The van der Waals surface area contributed by atoms with E-state index in [2.05, 4.69) is 9.97 Å². The van der Waals surface area contributed by atoms with Crippen molar-refractivity contribution in [1.82, 2.24) is 9.97 Å². The first-order valence-electron chi connectivity index (χ1n) is 5.31. The van der Waals surface area contributed by atoms with Crippen LogP contribution < -0.4 is 5.56 Å². The number of rotatable bonds is 2. The van der Waals surface area contributed by atoms with E-state index in [1.54, 1.807) is 0 Å². The van der Waals surface area contributed by atoms with Crippen LogP contribution in [0.15, 0.2) is 10.9 Å². The summed E-state index contributed by atoms with van der Waals surface area (Å²) < 4.78 is 22.7. The summed E-state index contributed by atoms with van der Waals surface area (Å²) >= 11 is 0. The van der Waals surface area contributed by atoms with Gasteiger partial charge in [0.1, 0.15) is 5.82 Å². The fourth-order valence-corrected chi connectivity index (χ4v) is 3.66. The van der Waals surface area contributed by atoms with E-state index in [0.29, 0.717) is 24.4 Å². The quantitative estimate of drug-likeness (QED) is 0.805. The number of hydrogen-bond donors (Lipinski definition) is 1. The van der Waals surface area contributed by atoms with E-state index in [1.807, 2.05) is 6.92 Å². The summed E-state index contributed by atoms with van der Waals surface area (Å²) in [5, 5.41) is 0. The molecule has 0 radical (unpaired) electrons. The summed E-state index contributed by atoms with van der Waals surface area (Å²) in [4.78, 5) is 18.3. The average Bonchev–Trinajstić information content (AvgIpc) is 2.58. The zero-order chi connectivity index (χ0) is 11.8. The Kier molecular flexibility index (Phi) is 2.84. The van der Waals surface area contributed by atoms with Crippen molar-refractivity contribution in [2.45, 2.75) is 25.7 Å². The van der Waals surface area contributed by atoms with Crippen molar-refractivity contribution in [3.8, 4) is 0 Å². The number of H-pyrrole nitrogens is 1. The van der Waals surface area contributed by atoms with Crippen molar-refractivity contribution in [3.05, 3.63) is 27.9 Å². The van der Waals surface area contributed by atoms with E-state index in [9.17, 15) is 13.2 Å². The Morgan fingerprint density at radius 3 is 2.88 bits per heavy atom. The number of nitrogens with zero attached hydrogens (tertiary/aromatic N) is 1. The number of aromatic nitrogens is 2. The van der Waals surface area contributed by atoms with Crippen LogP contribution in [0.5, 0.6) is 0 Å². The summed E-state index contributed by atoms with van der Waals surface area (Å²) in [6.07, 6.45) is 1.23. The molecule has 0 amide bonds. The van der Waals surface area contributed by atoms with Crippen molar-refractivity contribution in [1.29, 1.82) is 0 Å². The molecule has 5 nitrogen and oxygen atoms in total. The Bertz CT molecular complexity index is 547. The summed E-state index contributed by atoms with van der Waals surface area (Å²) in [5.41, 5.74) is 0.509. The van der Waals surface area contributed by atoms with E-state index in [1.165, 1.54) is 6.07 Å². The monoisotopic (exact) mass is 242 g/mol. The van der Waals surface area contributed by atoms with Crippen LogP contribution in [0, 0.1) is 0 Å². The molecule has 1 saturated heterocycles. The van der Waals surface area contributed by atoms with Crippen LogP contribution >= 0.6 is 0 Å². The Hall–Kier alpha value is -1.17. The first-order valence-corrected chi connectivity index (χ1v) is 7.13. The highest BCUT2D eigenvalue weighted by atomic mass is 32.2. The van der Waals surface area contributed by atoms with Crippen LogP contribution in [-0.4, -0.2) is 29.9 Å². The van der Waals surface area contributed by atoms with Crippen LogP contribution in [0.4, 0.5) is 0 Å². The van der Waals surface area contributed by atoms with Crippen molar-refractivity contribution < 1.29 is 8.42 Å². The molecule has 2 rings (SSSR count). The van der Waals surface area contributed by atoms with Gasteiger partial charge in [-0.25, -0.2) is 13.4 Å². The minimum Gasteiger partial charge on any atom is -0.310 e. The largest absolute Gasteiger partial charge is 0.310 e. The second-order valence-electron chi connectivity index (χ2n) is 4.08. The third-order valence-electron chi connectivity index (χ3n) is 2.79. The summed E-state index contributed by atoms with van der Waals surface area (Å²) in [6, 6.07) is 1.45. The molecule has 0 aliphatic carbocycles. The fourth-order valence-electron chi connectivity index (χ4n) is 1.91. The molecule has 0 saturated carbocycles. The molecule has 1 aromatic heterocycles. The van der Waals surface area contributed by atoms with Gasteiger partial charge in [0, 0.05) is 17.7 Å². The highest BCUT2D eigenvalue weighted by molar-refractivity contribution is 7.91. The summed E-state index contributed by atoms with van der Waals surface area (Å²) in [6.45, 7) is 1.91. The first kappa shape index (κ1) is 11.3. The number of sulfone groups is 1. The number of hydrogen-bond acceptors (Lipinski definition) is 4. The molecule has 0 aromatic carbocycles. The maximum Gasteiger partial charge on any atom is 0.251 e. The molecular formula is C10H14N2O3S. The second kappa shape index (κ2) is 4.01. The maximum absolute atomic E-state index is 11.3. The molecule has 0 spiro atoms. The van der Waals surface area contributed by atoms with Crippen molar-refractivity contribution in [2.75, 3.05) is 11.5 Å². The zero-order valence-electron chi connectivity index (χ0n) is 9.06. The predicted molar refractivity (Wildman–Crippen MR) is 60.2 cm³/mol. The molecule has 1 aromatic rings. The van der Waals surface area contributed by atoms with Gasteiger partial charge >= 0.3 is 0 Å². The molecule has 6 heteroatoms. The third-order valence-corrected chi connectivity index (χ3v) is 4.56. The Labute approximate surface area is 93.8 Å². The van der Waals surface area contributed by atoms with E-state index in [-0.39, 0.29) is 23.0 Å². The van der Waals surface area contributed by atoms with Crippen LogP contribution in [0.3, 0.4) is 0 Å². The maximum atomic E-state index is 11.3. The molecular weight excluding hydrogens is 228 g/mol. The minimum atomic E-state index is -2.94. The van der Waals surface area contributed by atoms with Crippen molar-refractivity contribution >= 4 is 9.84 Å². The van der Waals surface area contributed by atoms with Crippen LogP contribution in [-0.2, 0) is 16.3 Å². The minimum absolute atomic E-state index is 0.100. The van der Waals surface area contributed by atoms with Gasteiger partial charge in [-0.3, -0.25) is 4.79 Å². The van der Waals surface area contributed by atoms with Crippen LogP contribution in [0.1, 0.15) is 30.8 Å². The predicted octanol–water partition coefficient (Wildman–Crippen LogP) is 0.234. The number of aryl methyl sites for hydroxylation is 1. The smallest absolute Gasteiger partial charge is 0.251 e. The van der Waals surface area contributed by atoms with E-state index < -0.39 is 9.84 Å². The Morgan fingerprint density at radius 1 is 1.56 bits per heavy atom. The average molecular weight is 242 g/mol. The fraction of sp³-hybridized carbons (Fsp3) is 0.600. The Balaban J connectivity index is 2.35. The lowest BCUT2D eigenvalue weighted by Gasteiger charge is -2.07.